The third-order valence-electron chi connectivity index (χ3n) is 6.15. The van der Waals surface area contributed by atoms with Crippen LogP contribution in [0.5, 0.6) is 0 Å². The van der Waals surface area contributed by atoms with Crippen LogP contribution in [0, 0.1) is 0 Å². The number of hydrogen-bond donors (Lipinski definition) is 2. The van der Waals surface area contributed by atoms with Crippen molar-refractivity contribution in [3.63, 3.8) is 0 Å². The fourth-order valence-corrected chi connectivity index (χ4v) is 4.00. The molecule has 1 saturated carbocycles. The van der Waals surface area contributed by atoms with Crippen LogP contribution in [0.3, 0.4) is 0 Å². The van der Waals surface area contributed by atoms with Gasteiger partial charge in [0, 0.05) is 56.7 Å². The third kappa shape index (κ3) is 5.71. The zero-order valence-corrected chi connectivity index (χ0v) is 17.8. The Hall–Kier alpha value is -2.16. The first-order valence-corrected chi connectivity index (χ1v) is 11.1. The molecule has 8 heteroatoms. The summed E-state index contributed by atoms with van der Waals surface area (Å²) >= 11 is 0. The van der Waals surface area contributed by atoms with Crippen LogP contribution >= 0.6 is 0 Å². The highest BCUT2D eigenvalue weighted by Gasteiger charge is 2.28. The van der Waals surface area contributed by atoms with Gasteiger partial charge in [0.25, 0.3) is 0 Å². The molecule has 2 saturated heterocycles. The number of carbonyl (C=O) groups is 2. The van der Waals surface area contributed by atoms with Crippen LogP contribution in [0.15, 0.2) is 24.3 Å². The molecule has 30 heavy (non-hydrogen) atoms. The molecule has 0 radical (unpaired) electrons. The van der Waals surface area contributed by atoms with Crippen molar-refractivity contribution in [1.82, 2.24) is 15.1 Å². The van der Waals surface area contributed by atoms with Crippen molar-refractivity contribution in [3.8, 4) is 0 Å². The second-order valence-corrected chi connectivity index (χ2v) is 8.47. The van der Waals surface area contributed by atoms with Gasteiger partial charge in [-0.1, -0.05) is 0 Å². The van der Waals surface area contributed by atoms with E-state index in [-0.39, 0.29) is 17.9 Å². The standard InChI is InChI=1S/C22H33N5O3/c1-17(26-10-8-25(9-11-26)16-21(28)23-18-2-3-18)22(29)24-19-4-6-20(7-5-19)27-12-14-30-15-13-27/h4-7,17-18H,2-3,8-16H2,1H3,(H,23,28)(H,24,29). The maximum atomic E-state index is 12.7. The van der Waals surface area contributed by atoms with Gasteiger partial charge in [0.05, 0.1) is 25.8 Å². The molecule has 4 rings (SSSR count). The molecule has 0 bridgehead atoms. The van der Waals surface area contributed by atoms with E-state index < -0.39 is 0 Å². The fraction of sp³-hybridized carbons (Fsp3) is 0.636. The Morgan fingerprint density at radius 1 is 1.03 bits per heavy atom. The minimum absolute atomic E-state index is 0.00838. The largest absolute Gasteiger partial charge is 0.378 e. The van der Waals surface area contributed by atoms with Crippen molar-refractivity contribution in [3.05, 3.63) is 24.3 Å². The lowest BCUT2D eigenvalue weighted by atomic mass is 10.2. The van der Waals surface area contributed by atoms with Crippen LogP contribution in [0.1, 0.15) is 19.8 Å². The fourth-order valence-electron chi connectivity index (χ4n) is 4.00. The Morgan fingerprint density at radius 2 is 1.70 bits per heavy atom. The Bertz CT molecular complexity index is 723. The highest BCUT2D eigenvalue weighted by molar-refractivity contribution is 5.94. The van der Waals surface area contributed by atoms with Crippen molar-refractivity contribution in [2.24, 2.45) is 0 Å². The summed E-state index contributed by atoms with van der Waals surface area (Å²) in [6.07, 6.45) is 2.23. The van der Waals surface area contributed by atoms with Gasteiger partial charge in [-0.05, 0) is 44.0 Å². The summed E-state index contributed by atoms with van der Waals surface area (Å²) < 4.78 is 5.40. The van der Waals surface area contributed by atoms with Gasteiger partial charge in [-0.15, -0.1) is 0 Å². The van der Waals surface area contributed by atoms with Gasteiger partial charge < -0.3 is 20.3 Å². The summed E-state index contributed by atoms with van der Waals surface area (Å²) in [4.78, 5) is 31.4. The quantitative estimate of drug-likeness (QED) is 0.684. The summed E-state index contributed by atoms with van der Waals surface area (Å²) in [6.45, 7) is 8.93. The number of amides is 2. The zero-order valence-electron chi connectivity index (χ0n) is 17.8. The van der Waals surface area contributed by atoms with Crippen molar-refractivity contribution < 1.29 is 14.3 Å². The SMILES string of the molecule is CC(C(=O)Nc1ccc(N2CCOCC2)cc1)N1CCN(CC(=O)NC2CC2)CC1. The van der Waals surface area contributed by atoms with Crippen LogP contribution in [-0.4, -0.2) is 92.7 Å². The topological polar surface area (TPSA) is 77.2 Å². The Kier molecular flexibility index (Phi) is 6.86. The monoisotopic (exact) mass is 415 g/mol. The number of nitrogens with zero attached hydrogens (tertiary/aromatic N) is 3. The second-order valence-electron chi connectivity index (χ2n) is 8.47. The molecule has 3 aliphatic rings. The second kappa shape index (κ2) is 9.76. The minimum atomic E-state index is -0.202. The van der Waals surface area contributed by atoms with Gasteiger partial charge in [0.2, 0.25) is 11.8 Å². The molecule has 2 amide bonds. The van der Waals surface area contributed by atoms with E-state index in [9.17, 15) is 9.59 Å². The molecule has 2 aliphatic heterocycles. The van der Waals surface area contributed by atoms with E-state index in [1.807, 2.05) is 19.1 Å². The van der Waals surface area contributed by atoms with Gasteiger partial charge in [-0.2, -0.15) is 0 Å². The lowest BCUT2D eigenvalue weighted by Crippen LogP contribution is -2.54. The van der Waals surface area contributed by atoms with Crippen molar-refractivity contribution in [1.29, 1.82) is 0 Å². The lowest BCUT2D eigenvalue weighted by molar-refractivity contribution is -0.124. The lowest BCUT2D eigenvalue weighted by Gasteiger charge is -2.37. The Labute approximate surface area is 178 Å². The first kappa shape index (κ1) is 21.1. The van der Waals surface area contributed by atoms with Gasteiger partial charge in [-0.3, -0.25) is 19.4 Å². The number of rotatable bonds is 7. The van der Waals surface area contributed by atoms with E-state index >= 15 is 0 Å². The first-order chi connectivity index (χ1) is 14.6. The highest BCUT2D eigenvalue weighted by atomic mass is 16.5. The molecular weight excluding hydrogens is 382 g/mol. The van der Waals surface area contributed by atoms with Gasteiger partial charge in [0.15, 0.2) is 0 Å². The van der Waals surface area contributed by atoms with Crippen LogP contribution in [-0.2, 0) is 14.3 Å². The number of piperazine rings is 1. The average molecular weight is 416 g/mol. The minimum Gasteiger partial charge on any atom is -0.378 e. The Balaban J connectivity index is 1.21. The summed E-state index contributed by atoms with van der Waals surface area (Å²) in [5, 5.41) is 6.08. The van der Waals surface area contributed by atoms with Crippen molar-refractivity contribution >= 4 is 23.2 Å². The van der Waals surface area contributed by atoms with Crippen molar-refractivity contribution in [2.45, 2.75) is 31.8 Å². The molecule has 2 heterocycles. The van der Waals surface area contributed by atoms with E-state index in [0.29, 0.717) is 12.6 Å². The van der Waals surface area contributed by atoms with E-state index in [4.69, 9.17) is 4.74 Å². The molecule has 8 nitrogen and oxygen atoms in total. The number of morpholine rings is 1. The predicted octanol–water partition coefficient (Wildman–Crippen LogP) is 0.746. The van der Waals surface area contributed by atoms with Gasteiger partial charge in [0.1, 0.15) is 0 Å². The Morgan fingerprint density at radius 3 is 2.33 bits per heavy atom. The molecule has 1 aromatic rings. The van der Waals surface area contributed by atoms with Gasteiger partial charge in [-0.25, -0.2) is 0 Å². The normalized spacial score (nSPS) is 21.8. The predicted molar refractivity (Wildman–Crippen MR) is 117 cm³/mol. The maximum absolute atomic E-state index is 12.7. The van der Waals surface area contributed by atoms with Crippen LogP contribution < -0.4 is 15.5 Å². The zero-order chi connectivity index (χ0) is 20.9. The smallest absolute Gasteiger partial charge is 0.241 e. The molecular formula is C22H33N5O3. The van der Waals surface area contributed by atoms with E-state index in [0.717, 1.165) is 76.7 Å². The highest BCUT2D eigenvalue weighted by Crippen LogP contribution is 2.20. The van der Waals surface area contributed by atoms with Crippen LogP contribution in [0.4, 0.5) is 11.4 Å². The molecule has 1 atom stereocenters. The molecule has 1 aliphatic carbocycles. The molecule has 164 valence electrons. The summed E-state index contributed by atoms with van der Waals surface area (Å²) in [5.74, 6) is 0.131. The van der Waals surface area contributed by atoms with E-state index in [1.165, 1.54) is 0 Å². The molecule has 3 fully saturated rings. The number of anilines is 2. The number of benzene rings is 1. The molecule has 0 spiro atoms. The maximum Gasteiger partial charge on any atom is 0.241 e. The molecule has 1 unspecified atom stereocenters. The van der Waals surface area contributed by atoms with E-state index in [1.54, 1.807) is 0 Å². The van der Waals surface area contributed by atoms with E-state index in [2.05, 4.69) is 37.5 Å². The number of carbonyl (C=O) groups excluding carboxylic acids is 2. The molecule has 1 aromatic carbocycles. The number of nitrogens with one attached hydrogen (secondary N) is 2. The summed E-state index contributed by atoms with van der Waals surface area (Å²) in [7, 11) is 0. The summed E-state index contributed by atoms with van der Waals surface area (Å²) in [6, 6.07) is 8.24. The first-order valence-electron chi connectivity index (χ1n) is 11.1. The summed E-state index contributed by atoms with van der Waals surface area (Å²) in [5.41, 5.74) is 1.98. The number of ether oxygens (including phenoxy) is 1. The van der Waals surface area contributed by atoms with Crippen LogP contribution in [0.25, 0.3) is 0 Å². The van der Waals surface area contributed by atoms with Gasteiger partial charge >= 0.3 is 0 Å². The number of hydrogen-bond acceptors (Lipinski definition) is 6. The average Bonchev–Trinajstić information content (AvgIpc) is 3.59. The van der Waals surface area contributed by atoms with Crippen LogP contribution in [0.2, 0.25) is 0 Å². The third-order valence-corrected chi connectivity index (χ3v) is 6.15. The molecule has 2 N–H and O–H groups in total. The molecule has 0 aromatic heterocycles. The van der Waals surface area contributed by atoms with Crippen molar-refractivity contribution in [2.75, 3.05) is 69.2 Å².